The predicted octanol–water partition coefficient (Wildman–Crippen LogP) is 1.99. The summed E-state index contributed by atoms with van der Waals surface area (Å²) in [5.74, 6) is 0.541. The lowest BCUT2D eigenvalue weighted by molar-refractivity contribution is 0.638. The number of aryl methyl sites for hydroxylation is 1. The normalized spacial score (nSPS) is 16.6. The number of anilines is 1. The molecule has 1 atom stereocenters. The topological polar surface area (TPSA) is 77.4 Å². The van der Waals surface area contributed by atoms with Gasteiger partial charge in [0.15, 0.2) is 11.2 Å². The monoisotopic (exact) mass is 386 g/mol. The number of halogens is 1. The van der Waals surface area contributed by atoms with E-state index >= 15 is 0 Å². The lowest BCUT2D eigenvalue weighted by Gasteiger charge is -2.26. The van der Waals surface area contributed by atoms with Crippen molar-refractivity contribution in [2.45, 2.75) is 26.4 Å². The Morgan fingerprint density at radius 3 is 2.48 bits per heavy atom. The number of aromatic nitrogens is 4. The molecule has 0 N–H and O–H groups in total. The minimum absolute atomic E-state index is 0.129. The van der Waals surface area contributed by atoms with E-state index in [1.54, 1.807) is 43.4 Å². The second-order valence-corrected chi connectivity index (χ2v) is 7.19. The first-order valence-electron chi connectivity index (χ1n) is 8.54. The fourth-order valence-electron chi connectivity index (χ4n) is 3.39. The summed E-state index contributed by atoms with van der Waals surface area (Å²) in [6.07, 6.45) is 0. The van der Waals surface area contributed by atoms with Crippen molar-refractivity contribution in [3.63, 3.8) is 0 Å². The molecular formula is C18H19ClN6O2. The lowest BCUT2D eigenvalue weighted by Crippen LogP contribution is -2.40. The van der Waals surface area contributed by atoms with Crippen LogP contribution in [0.25, 0.3) is 11.2 Å². The van der Waals surface area contributed by atoms with Gasteiger partial charge in [-0.1, -0.05) is 23.7 Å². The van der Waals surface area contributed by atoms with Gasteiger partial charge in [-0.15, -0.1) is 0 Å². The van der Waals surface area contributed by atoms with Crippen LogP contribution < -0.4 is 16.3 Å². The standard InChI is InChI=1S/C18H19ClN6O2/c1-10-11(2)25-14-15(20-17(25)23(4)21-10)22(3)18(27)24(16(14)26)9-12-5-7-13(19)8-6-12/h5-8,11H,9H2,1-4H3. The minimum atomic E-state index is -0.411. The Morgan fingerprint density at radius 2 is 1.81 bits per heavy atom. The zero-order valence-electron chi connectivity index (χ0n) is 15.5. The van der Waals surface area contributed by atoms with Crippen LogP contribution in [-0.2, 0) is 13.6 Å². The molecular weight excluding hydrogens is 368 g/mol. The van der Waals surface area contributed by atoms with Gasteiger partial charge in [0.2, 0.25) is 5.95 Å². The predicted molar refractivity (Wildman–Crippen MR) is 106 cm³/mol. The first-order valence-corrected chi connectivity index (χ1v) is 8.92. The average Bonchev–Trinajstić information content (AvgIpc) is 3.05. The summed E-state index contributed by atoms with van der Waals surface area (Å²) < 4.78 is 4.49. The highest BCUT2D eigenvalue weighted by atomic mass is 35.5. The van der Waals surface area contributed by atoms with Crippen molar-refractivity contribution in [1.29, 1.82) is 0 Å². The van der Waals surface area contributed by atoms with Crippen molar-refractivity contribution < 1.29 is 0 Å². The van der Waals surface area contributed by atoms with Gasteiger partial charge in [-0.3, -0.25) is 18.5 Å². The average molecular weight is 387 g/mol. The fraction of sp³-hybridized carbons (Fsp3) is 0.333. The molecule has 27 heavy (non-hydrogen) atoms. The van der Waals surface area contributed by atoms with Crippen LogP contribution in [0.1, 0.15) is 25.5 Å². The lowest BCUT2D eigenvalue weighted by atomic mass is 10.2. The molecule has 2 aromatic heterocycles. The van der Waals surface area contributed by atoms with Crippen molar-refractivity contribution in [2.75, 3.05) is 12.1 Å². The molecule has 0 spiro atoms. The maximum atomic E-state index is 13.3. The molecule has 0 radical (unpaired) electrons. The highest BCUT2D eigenvalue weighted by Gasteiger charge is 2.29. The quantitative estimate of drug-likeness (QED) is 0.674. The number of hydrazone groups is 1. The summed E-state index contributed by atoms with van der Waals surface area (Å²) in [5.41, 5.74) is 1.66. The Morgan fingerprint density at radius 1 is 1.15 bits per heavy atom. The van der Waals surface area contributed by atoms with Gasteiger partial charge >= 0.3 is 5.69 Å². The molecule has 8 nitrogen and oxygen atoms in total. The van der Waals surface area contributed by atoms with Gasteiger partial charge in [-0.2, -0.15) is 10.1 Å². The summed E-state index contributed by atoms with van der Waals surface area (Å²) >= 11 is 5.93. The largest absolute Gasteiger partial charge is 0.332 e. The summed E-state index contributed by atoms with van der Waals surface area (Å²) in [6.45, 7) is 4.03. The number of rotatable bonds is 2. The maximum Gasteiger partial charge on any atom is 0.332 e. The molecule has 0 saturated heterocycles. The van der Waals surface area contributed by atoms with Crippen LogP contribution in [0.2, 0.25) is 5.02 Å². The fourth-order valence-corrected chi connectivity index (χ4v) is 3.51. The van der Waals surface area contributed by atoms with E-state index in [1.807, 2.05) is 18.4 Å². The molecule has 9 heteroatoms. The molecule has 0 saturated carbocycles. The first-order chi connectivity index (χ1) is 12.8. The van der Waals surface area contributed by atoms with Gasteiger partial charge in [0.1, 0.15) is 0 Å². The van der Waals surface area contributed by atoms with E-state index in [1.165, 1.54) is 9.13 Å². The van der Waals surface area contributed by atoms with Gasteiger partial charge in [0.05, 0.1) is 18.3 Å². The molecule has 0 fully saturated rings. The molecule has 0 amide bonds. The third-order valence-corrected chi connectivity index (χ3v) is 5.25. The van der Waals surface area contributed by atoms with Gasteiger partial charge in [-0.25, -0.2) is 9.80 Å². The van der Waals surface area contributed by atoms with Crippen LogP contribution in [0.15, 0.2) is 39.0 Å². The number of hydrogen-bond donors (Lipinski definition) is 0. The Bertz CT molecular complexity index is 1200. The molecule has 0 bridgehead atoms. The smallest absolute Gasteiger partial charge is 0.294 e. The highest BCUT2D eigenvalue weighted by molar-refractivity contribution is 6.30. The van der Waals surface area contributed by atoms with E-state index in [0.717, 1.165) is 11.3 Å². The van der Waals surface area contributed by atoms with E-state index < -0.39 is 5.69 Å². The number of nitrogens with zero attached hydrogens (tertiary/aromatic N) is 6. The molecule has 0 aliphatic carbocycles. The van der Waals surface area contributed by atoms with Crippen molar-refractivity contribution in [3.05, 3.63) is 55.7 Å². The van der Waals surface area contributed by atoms with Crippen LogP contribution in [0.5, 0.6) is 0 Å². The minimum Gasteiger partial charge on any atom is -0.294 e. The summed E-state index contributed by atoms with van der Waals surface area (Å²) in [4.78, 5) is 30.6. The zero-order chi connectivity index (χ0) is 19.5. The number of imidazole rings is 1. The van der Waals surface area contributed by atoms with E-state index in [4.69, 9.17) is 11.6 Å². The molecule has 140 valence electrons. The molecule has 1 unspecified atom stereocenters. The number of benzene rings is 1. The Kier molecular flexibility index (Phi) is 3.96. The van der Waals surface area contributed by atoms with Crippen LogP contribution in [0.4, 0.5) is 5.95 Å². The second-order valence-electron chi connectivity index (χ2n) is 6.75. The highest BCUT2D eigenvalue weighted by Crippen LogP contribution is 2.28. The van der Waals surface area contributed by atoms with Crippen molar-refractivity contribution in [1.82, 2.24) is 18.7 Å². The zero-order valence-corrected chi connectivity index (χ0v) is 16.2. The van der Waals surface area contributed by atoms with Gasteiger partial charge in [-0.05, 0) is 31.5 Å². The molecule has 1 aliphatic heterocycles. The van der Waals surface area contributed by atoms with Gasteiger partial charge in [0, 0.05) is 19.1 Å². The van der Waals surface area contributed by atoms with E-state index in [2.05, 4.69) is 10.1 Å². The second kappa shape index (κ2) is 6.09. The van der Waals surface area contributed by atoms with Crippen molar-refractivity contribution in [3.8, 4) is 0 Å². The number of hydrogen-bond acceptors (Lipinski definition) is 5. The number of fused-ring (bicyclic) bond motifs is 3. The van der Waals surface area contributed by atoms with Crippen molar-refractivity contribution in [2.24, 2.45) is 12.1 Å². The summed E-state index contributed by atoms with van der Waals surface area (Å²) in [6, 6.07) is 6.95. The van der Waals surface area contributed by atoms with Crippen LogP contribution in [0, 0.1) is 0 Å². The Balaban J connectivity index is 1.99. The van der Waals surface area contributed by atoms with E-state index in [0.29, 0.717) is 22.1 Å². The summed E-state index contributed by atoms with van der Waals surface area (Å²) in [7, 11) is 3.40. The molecule has 4 rings (SSSR count). The maximum absolute atomic E-state index is 13.3. The van der Waals surface area contributed by atoms with Gasteiger partial charge in [0.25, 0.3) is 5.56 Å². The first kappa shape index (κ1) is 17.5. The van der Waals surface area contributed by atoms with E-state index in [9.17, 15) is 9.59 Å². The van der Waals surface area contributed by atoms with Crippen LogP contribution >= 0.6 is 11.6 Å². The molecule has 1 aliphatic rings. The third kappa shape index (κ3) is 2.59. The third-order valence-electron chi connectivity index (χ3n) is 5.00. The van der Waals surface area contributed by atoms with Crippen molar-refractivity contribution >= 4 is 34.4 Å². The van der Waals surface area contributed by atoms with Gasteiger partial charge < -0.3 is 0 Å². The molecule has 3 aromatic rings. The van der Waals surface area contributed by atoms with E-state index in [-0.39, 0.29) is 18.1 Å². The molecule has 1 aromatic carbocycles. The van der Waals surface area contributed by atoms with Crippen LogP contribution in [0.3, 0.4) is 0 Å². The molecule has 3 heterocycles. The summed E-state index contributed by atoms with van der Waals surface area (Å²) in [5, 5.41) is 6.67. The Hall–Kier alpha value is -2.87. The SMILES string of the molecule is CC1=NN(C)c2nc3c(c(=O)n(Cc4ccc(Cl)cc4)c(=O)n3C)n2C1C. The van der Waals surface area contributed by atoms with Crippen LogP contribution in [-0.4, -0.2) is 31.4 Å². The Labute approximate surface area is 159 Å².